The highest BCUT2D eigenvalue weighted by atomic mass is 16.5. The molecule has 180 valence electrons. The number of nitrogens with zero attached hydrogens (tertiary/aromatic N) is 3. The number of rotatable bonds is 8. The molecule has 1 saturated heterocycles. The van der Waals surface area contributed by atoms with E-state index < -0.39 is 0 Å². The molecule has 34 heavy (non-hydrogen) atoms. The van der Waals surface area contributed by atoms with Gasteiger partial charge in [-0.2, -0.15) is 0 Å². The van der Waals surface area contributed by atoms with Crippen molar-refractivity contribution in [1.82, 2.24) is 14.5 Å². The molecule has 0 radical (unpaired) electrons. The van der Waals surface area contributed by atoms with Gasteiger partial charge < -0.3 is 30.7 Å². The van der Waals surface area contributed by atoms with Crippen LogP contribution in [0.15, 0.2) is 64.4 Å². The summed E-state index contributed by atoms with van der Waals surface area (Å²) in [5, 5.41) is 10.7. The van der Waals surface area contributed by atoms with Gasteiger partial charge in [-0.25, -0.2) is 4.98 Å². The summed E-state index contributed by atoms with van der Waals surface area (Å²) in [6.45, 7) is 9.41. The number of aromatic nitrogens is 2. The lowest BCUT2D eigenvalue weighted by molar-refractivity contribution is 0.0548. The number of nitrogens with one attached hydrogen (secondary N) is 2. The van der Waals surface area contributed by atoms with Crippen LogP contribution in [0.3, 0.4) is 0 Å². The van der Waals surface area contributed by atoms with Crippen LogP contribution in [0.1, 0.15) is 32.8 Å². The van der Waals surface area contributed by atoms with Gasteiger partial charge in [-0.3, -0.25) is 4.79 Å². The lowest BCUT2D eigenvalue weighted by Gasteiger charge is -2.31. The standard InChI is InChI=1S/C26H34N6O2/c1-5-18(3)23(32-11-13-34-14-12-32)10-8-21(6-2)29-25-26(33)31(4)24-15-19(20(16-27)17-28)7-9-22(24)30-25/h6-10,15-17,27H,5,11-14,28H2,1-4H3,(H,29,30)/b10-8-,20-17+,21-6+,23-18-,27-16?. The average molecular weight is 463 g/mol. The predicted molar refractivity (Wildman–Crippen MR) is 140 cm³/mol. The van der Waals surface area contributed by atoms with Crippen LogP contribution in [0.25, 0.3) is 16.6 Å². The zero-order valence-corrected chi connectivity index (χ0v) is 20.4. The summed E-state index contributed by atoms with van der Waals surface area (Å²) in [6, 6.07) is 5.49. The Morgan fingerprint density at radius 1 is 1.29 bits per heavy atom. The Hall–Kier alpha value is -3.65. The molecule has 0 spiro atoms. The Balaban J connectivity index is 1.92. The van der Waals surface area contributed by atoms with Gasteiger partial charge in [0, 0.05) is 49.5 Å². The molecular weight excluding hydrogens is 428 g/mol. The highest BCUT2D eigenvalue weighted by molar-refractivity contribution is 6.09. The number of hydrogen-bond donors (Lipinski definition) is 3. The van der Waals surface area contributed by atoms with Gasteiger partial charge >= 0.3 is 0 Å². The van der Waals surface area contributed by atoms with Crippen molar-refractivity contribution in [3.05, 3.63) is 75.5 Å². The number of fused-ring (bicyclic) bond motifs is 1. The van der Waals surface area contributed by atoms with Gasteiger partial charge in [-0.05, 0) is 50.1 Å². The smallest absolute Gasteiger partial charge is 0.293 e. The van der Waals surface area contributed by atoms with E-state index in [0.717, 1.165) is 44.0 Å². The van der Waals surface area contributed by atoms with Gasteiger partial charge in [0.15, 0.2) is 5.82 Å². The monoisotopic (exact) mass is 462 g/mol. The molecule has 0 atom stereocenters. The van der Waals surface area contributed by atoms with E-state index in [1.807, 2.05) is 37.3 Å². The third kappa shape index (κ3) is 5.46. The molecule has 0 amide bonds. The van der Waals surface area contributed by atoms with E-state index in [2.05, 4.69) is 35.1 Å². The molecule has 4 N–H and O–H groups in total. The highest BCUT2D eigenvalue weighted by Gasteiger charge is 2.14. The van der Waals surface area contributed by atoms with Crippen molar-refractivity contribution in [3.63, 3.8) is 0 Å². The molecule has 1 aliphatic heterocycles. The maximum atomic E-state index is 13.1. The maximum Gasteiger partial charge on any atom is 0.293 e. The highest BCUT2D eigenvalue weighted by Crippen LogP contribution is 2.20. The fourth-order valence-electron chi connectivity index (χ4n) is 3.83. The Morgan fingerprint density at radius 2 is 2.03 bits per heavy atom. The summed E-state index contributed by atoms with van der Waals surface area (Å²) < 4.78 is 7.06. The molecule has 0 bridgehead atoms. The third-order valence-corrected chi connectivity index (χ3v) is 6.06. The van der Waals surface area contributed by atoms with Gasteiger partial charge in [-0.1, -0.05) is 24.6 Å². The number of morpholine rings is 1. The normalized spacial score (nSPS) is 16.2. The molecule has 1 aromatic carbocycles. The van der Waals surface area contributed by atoms with Crippen molar-refractivity contribution in [2.24, 2.45) is 12.8 Å². The number of nitrogens with two attached hydrogens (primary N) is 1. The van der Waals surface area contributed by atoms with Crippen LogP contribution in [0.4, 0.5) is 5.82 Å². The molecule has 2 aromatic rings. The van der Waals surface area contributed by atoms with Gasteiger partial charge in [0.25, 0.3) is 5.56 Å². The molecular formula is C26H34N6O2. The fraction of sp³-hybridized carbons (Fsp3) is 0.346. The van der Waals surface area contributed by atoms with E-state index in [0.29, 0.717) is 16.6 Å². The van der Waals surface area contributed by atoms with Crippen LogP contribution < -0.4 is 16.6 Å². The second-order valence-electron chi connectivity index (χ2n) is 8.12. The summed E-state index contributed by atoms with van der Waals surface area (Å²) >= 11 is 0. The predicted octanol–water partition coefficient (Wildman–Crippen LogP) is 3.77. The second kappa shape index (κ2) is 11.5. The summed E-state index contributed by atoms with van der Waals surface area (Å²) in [6.07, 6.45) is 9.53. The second-order valence-corrected chi connectivity index (χ2v) is 8.12. The van der Waals surface area contributed by atoms with Gasteiger partial charge in [0.1, 0.15) is 0 Å². The van der Waals surface area contributed by atoms with E-state index in [9.17, 15) is 4.79 Å². The zero-order chi connectivity index (χ0) is 24.7. The molecule has 0 unspecified atom stereocenters. The zero-order valence-electron chi connectivity index (χ0n) is 20.4. The largest absolute Gasteiger partial charge is 0.404 e. The van der Waals surface area contributed by atoms with Crippen molar-refractivity contribution >= 4 is 28.6 Å². The summed E-state index contributed by atoms with van der Waals surface area (Å²) in [5.41, 5.74) is 11.3. The third-order valence-electron chi connectivity index (χ3n) is 6.06. The van der Waals surface area contributed by atoms with Crippen molar-refractivity contribution in [1.29, 1.82) is 5.41 Å². The van der Waals surface area contributed by atoms with Crippen LogP contribution in [0.5, 0.6) is 0 Å². The Morgan fingerprint density at radius 3 is 2.65 bits per heavy atom. The molecule has 8 nitrogen and oxygen atoms in total. The van der Waals surface area contributed by atoms with Crippen LogP contribution in [0.2, 0.25) is 0 Å². The molecule has 0 saturated carbocycles. The van der Waals surface area contributed by atoms with E-state index in [1.54, 1.807) is 11.6 Å². The first-order valence-corrected chi connectivity index (χ1v) is 11.5. The maximum absolute atomic E-state index is 13.1. The molecule has 1 fully saturated rings. The minimum atomic E-state index is -0.237. The minimum Gasteiger partial charge on any atom is -0.404 e. The molecule has 8 heteroatoms. The number of benzene rings is 1. The quantitative estimate of drug-likeness (QED) is 0.407. The van der Waals surface area contributed by atoms with Crippen molar-refractivity contribution in [2.45, 2.75) is 27.2 Å². The van der Waals surface area contributed by atoms with Crippen molar-refractivity contribution in [2.75, 3.05) is 31.6 Å². The Bertz CT molecular complexity index is 1230. The van der Waals surface area contributed by atoms with Gasteiger partial charge in [0.2, 0.25) is 0 Å². The molecule has 1 aliphatic rings. The van der Waals surface area contributed by atoms with Crippen molar-refractivity contribution in [3.8, 4) is 0 Å². The molecule has 2 heterocycles. The van der Waals surface area contributed by atoms with E-state index >= 15 is 0 Å². The number of allylic oxidation sites excluding steroid dienone is 5. The lowest BCUT2D eigenvalue weighted by Crippen LogP contribution is -2.35. The van der Waals surface area contributed by atoms with Gasteiger partial charge in [0.05, 0.1) is 24.2 Å². The molecule has 1 aromatic heterocycles. The Labute approximate surface area is 200 Å². The average Bonchev–Trinajstić information content (AvgIpc) is 2.87. The first-order chi connectivity index (χ1) is 16.4. The van der Waals surface area contributed by atoms with Crippen LogP contribution in [0, 0.1) is 5.41 Å². The lowest BCUT2D eigenvalue weighted by atomic mass is 10.1. The summed E-state index contributed by atoms with van der Waals surface area (Å²) in [4.78, 5) is 20.0. The first-order valence-electron chi connectivity index (χ1n) is 11.5. The van der Waals surface area contributed by atoms with Crippen molar-refractivity contribution < 1.29 is 4.74 Å². The van der Waals surface area contributed by atoms with E-state index in [-0.39, 0.29) is 11.4 Å². The Kier molecular flexibility index (Phi) is 8.43. The topological polar surface area (TPSA) is 109 Å². The minimum absolute atomic E-state index is 0.237. The van der Waals surface area contributed by atoms with E-state index in [4.69, 9.17) is 15.9 Å². The molecule has 0 aliphatic carbocycles. The SMILES string of the molecule is C\C=C(/C=C\C(=C(/C)CC)N1CCOCC1)Nc1nc2ccc(/C(C=N)=C/N)cc2n(C)c1=O. The summed E-state index contributed by atoms with van der Waals surface area (Å²) in [7, 11) is 1.71. The number of aryl methyl sites for hydroxylation is 1. The van der Waals surface area contributed by atoms with Crippen LogP contribution >= 0.6 is 0 Å². The molecule has 3 rings (SSSR count). The summed E-state index contributed by atoms with van der Waals surface area (Å²) in [5.74, 6) is 0.256. The number of ether oxygens (including phenoxy) is 1. The van der Waals surface area contributed by atoms with Gasteiger partial charge in [-0.15, -0.1) is 0 Å². The van der Waals surface area contributed by atoms with E-state index in [1.165, 1.54) is 23.7 Å². The van der Waals surface area contributed by atoms with Crippen LogP contribution in [-0.2, 0) is 11.8 Å². The fourth-order valence-corrected chi connectivity index (χ4v) is 3.83. The first kappa shape index (κ1) is 25.0. The number of anilines is 1. The number of hydrogen-bond acceptors (Lipinski definition) is 7. The van der Waals surface area contributed by atoms with Crippen LogP contribution in [-0.4, -0.2) is 47.0 Å².